The molecule has 146 valence electrons. The van der Waals surface area contributed by atoms with Gasteiger partial charge in [0.25, 0.3) is 0 Å². The second kappa shape index (κ2) is 20.9. The molecule has 0 radical (unpaired) electrons. The third-order valence-corrected chi connectivity index (χ3v) is 3.61. The first-order chi connectivity index (χ1) is 11.3. The fourth-order valence-corrected chi connectivity index (χ4v) is 2.08. The predicted molar refractivity (Wildman–Crippen MR) is 114 cm³/mol. The van der Waals surface area contributed by atoms with E-state index in [9.17, 15) is 0 Å². The van der Waals surface area contributed by atoms with Gasteiger partial charge in [-0.2, -0.15) is 0 Å². The Morgan fingerprint density at radius 2 is 1.50 bits per heavy atom. The van der Waals surface area contributed by atoms with Crippen molar-refractivity contribution in [3.63, 3.8) is 0 Å². The van der Waals surface area contributed by atoms with Crippen LogP contribution in [0.25, 0.3) is 0 Å². The summed E-state index contributed by atoms with van der Waals surface area (Å²) >= 11 is 0. The maximum Gasteiger partial charge on any atom is 0.191 e. The van der Waals surface area contributed by atoms with Gasteiger partial charge in [-0.05, 0) is 32.5 Å². The molecule has 0 aliphatic carbocycles. The monoisotopic (exact) mass is 458 g/mol. The second-order valence-electron chi connectivity index (χ2n) is 5.38. The fraction of sp³-hybridized carbons (Fsp3) is 0.941. The van der Waals surface area contributed by atoms with E-state index in [-0.39, 0.29) is 24.0 Å². The fourth-order valence-electron chi connectivity index (χ4n) is 2.08. The third kappa shape index (κ3) is 16.7. The molecule has 0 aromatic heterocycles. The standard InChI is InChI=1S/C17H38N4O2.HI/c1-5-8-13-22-15-16-23-14-11-20-17(18-4)19-10-9-12-21(6-2)7-3;/h5-16H2,1-4H3,(H2,18,19,20);1H. The summed E-state index contributed by atoms with van der Waals surface area (Å²) in [6.07, 6.45) is 3.41. The molecule has 0 aromatic carbocycles. The molecule has 0 atom stereocenters. The van der Waals surface area contributed by atoms with Crippen LogP contribution in [0.2, 0.25) is 0 Å². The van der Waals surface area contributed by atoms with Gasteiger partial charge in [0.2, 0.25) is 0 Å². The molecule has 0 rings (SSSR count). The highest BCUT2D eigenvalue weighted by atomic mass is 127. The summed E-state index contributed by atoms with van der Waals surface area (Å²) in [5, 5.41) is 6.59. The lowest BCUT2D eigenvalue weighted by Gasteiger charge is -2.18. The number of nitrogens with one attached hydrogen (secondary N) is 2. The van der Waals surface area contributed by atoms with Gasteiger partial charge in [0.05, 0.1) is 19.8 Å². The molecule has 0 fully saturated rings. The first kappa shape index (κ1) is 26.1. The van der Waals surface area contributed by atoms with Crippen LogP contribution in [0.3, 0.4) is 0 Å². The molecular weight excluding hydrogens is 419 g/mol. The Bertz CT molecular complexity index is 277. The number of guanidine groups is 1. The van der Waals surface area contributed by atoms with Gasteiger partial charge in [-0.3, -0.25) is 4.99 Å². The smallest absolute Gasteiger partial charge is 0.191 e. The van der Waals surface area contributed by atoms with Crippen molar-refractivity contribution < 1.29 is 9.47 Å². The van der Waals surface area contributed by atoms with E-state index in [4.69, 9.17) is 9.47 Å². The lowest BCUT2D eigenvalue weighted by Crippen LogP contribution is -2.40. The summed E-state index contributed by atoms with van der Waals surface area (Å²) in [5.41, 5.74) is 0. The van der Waals surface area contributed by atoms with Gasteiger partial charge < -0.3 is 25.0 Å². The number of unbranched alkanes of at least 4 members (excludes halogenated alkanes) is 1. The van der Waals surface area contributed by atoms with E-state index < -0.39 is 0 Å². The quantitative estimate of drug-likeness (QED) is 0.171. The topological polar surface area (TPSA) is 58.1 Å². The van der Waals surface area contributed by atoms with Crippen LogP contribution in [0.5, 0.6) is 0 Å². The Balaban J connectivity index is 0. The van der Waals surface area contributed by atoms with Crippen LogP contribution in [0.4, 0.5) is 0 Å². The largest absolute Gasteiger partial charge is 0.379 e. The Morgan fingerprint density at radius 3 is 2.08 bits per heavy atom. The SMILES string of the molecule is CCCCOCCOCCNC(=NC)NCCCN(CC)CC.I. The predicted octanol–water partition coefficient (Wildman–Crippen LogP) is 2.33. The van der Waals surface area contributed by atoms with Crippen LogP contribution in [-0.2, 0) is 9.47 Å². The number of rotatable bonds is 15. The summed E-state index contributed by atoms with van der Waals surface area (Å²) in [5.74, 6) is 0.840. The Kier molecular flexibility index (Phi) is 22.8. The van der Waals surface area contributed by atoms with Crippen LogP contribution < -0.4 is 10.6 Å². The van der Waals surface area contributed by atoms with E-state index in [1.165, 1.54) is 6.42 Å². The molecule has 24 heavy (non-hydrogen) atoms. The molecule has 7 heteroatoms. The molecule has 0 saturated carbocycles. The number of halogens is 1. The molecule has 0 bridgehead atoms. The van der Waals surface area contributed by atoms with Crippen LogP contribution >= 0.6 is 24.0 Å². The van der Waals surface area contributed by atoms with Gasteiger partial charge in [-0.25, -0.2) is 0 Å². The summed E-state index contributed by atoms with van der Waals surface area (Å²) in [4.78, 5) is 6.64. The van der Waals surface area contributed by atoms with Crippen molar-refractivity contribution >= 4 is 29.9 Å². The summed E-state index contributed by atoms with van der Waals surface area (Å²) in [6.45, 7) is 14.4. The third-order valence-electron chi connectivity index (χ3n) is 3.61. The van der Waals surface area contributed by atoms with Gasteiger partial charge in [-0.15, -0.1) is 24.0 Å². The maximum absolute atomic E-state index is 5.52. The highest BCUT2D eigenvalue weighted by Crippen LogP contribution is 1.89. The minimum atomic E-state index is 0. The molecule has 0 spiro atoms. The zero-order valence-electron chi connectivity index (χ0n) is 16.1. The van der Waals surface area contributed by atoms with Crippen molar-refractivity contribution in [2.45, 2.75) is 40.0 Å². The molecular formula is C17H39IN4O2. The van der Waals surface area contributed by atoms with E-state index >= 15 is 0 Å². The number of aliphatic imine (C=N–C) groups is 1. The molecule has 0 heterocycles. The van der Waals surface area contributed by atoms with Crippen molar-refractivity contribution in [3.8, 4) is 0 Å². The van der Waals surface area contributed by atoms with E-state index in [1.54, 1.807) is 7.05 Å². The molecule has 0 unspecified atom stereocenters. The zero-order valence-corrected chi connectivity index (χ0v) is 18.4. The van der Waals surface area contributed by atoms with Crippen molar-refractivity contribution in [2.75, 3.05) is 66.2 Å². The number of ether oxygens (including phenoxy) is 2. The van der Waals surface area contributed by atoms with Gasteiger partial charge in [0.15, 0.2) is 5.96 Å². The Morgan fingerprint density at radius 1 is 0.875 bits per heavy atom. The highest BCUT2D eigenvalue weighted by Gasteiger charge is 2.00. The molecule has 0 aliphatic heterocycles. The number of hydrogen-bond acceptors (Lipinski definition) is 4. The van der Waals surface area contributed by atoms with Crippen LogP contribution in [-0.4, -0.2) is 77.1 Å². The average molecular weight is 458 g/mol. The highest BCUT2D eigenvalue weighted by molar-refractivity contribution is 14.0. The summed E-state index contributed by atoms with van der Waals surface area (Å²) < 4.78 is 11.0. The van der Waals surface area contributed by atoms with Gasteiger partial charge >= 0.3 is 0 Å². The van der Waals surface area contributed by atoms with E-state index in [2.05, 4.69) is 41.3 Å². The van der Waals surface area contributed by atoms with E-state index in [0.29, 0.717) is 19.8 Å². The minimum Gasteiger partial charge on any atom is -0.379 e. The minimum absolute atomic E-state index is 0. The summed E-state index contributed by atoms with van der Waals surface area (Å²) in [7, 11) is 1.79. The van der Waals surface area contributed by atoms with Crippen molar-refractivity contribution in [2.24, 2.45) is 4.99 Å². The van der Waals surface area contributed by atoms with E-state index in [0.717, 1.165) is 58.1 Å². The maximum atomic E-state index is 5.52. The van der Waals surface area contributed by atoms with Gasteiger partial charge in [0.1, 0.15) is 0 Å². The van der Waals surface area contributed by atoms with Gasteiger partial charge in [-0.1, -0.05) is 27.2 Å². The lowest BCUT2D eigenvalue weighted by atomic mass is 10.3. The Hall–Kier alpha value is -0.120. The Labute approximate surface area is 166 Å². The molecule has 2 N–H and O–H groups in total. The van der Waals surface area contributed by atoms with Crippen LogP contribution in [0.1, 0.15) is 40.0 Å². The first-order valence-corrected chi connectivity index (χ1v) is 9.10. The van der Waals surface area contributed by atoms with E-state index in [1.807, 2.05) is 0 Å². The van der Waals surface area contributed by atoms with Crippen molar-refractivity contribution in [3.05, 3.63) is 0 Å². The lowest BCUT2D eigenvalue weighted by molar-refractivity contribution is 0.0487. The number of nitrogens with zero attached hydrogens (tertiary/aromatic N) is 2. The van der Waals surface area contributed by atoms with Crippen molar-refractivity contribution in [1.29, 1.82) is 0 Å². The number of hydrogen-bond donors (Lipinski definition) is 2. The molecule has 0 aliphatic rings. The molecule has 0 amide bonds. The normalized spacial score (nSPS) is 11.5. The molecule has 0 saturated heterocycles. The average Bonchev–Trinajstić information content (AvgIpc) is 2.58. The second-order valence-corrected chi connectivity index (χ2v) is 5.38. The molecule has 0 aromatic rings. The summed E-state index contributed by atoms with van der Waals surface area (Å²) in [6, 6.07) is 0. The van der Waals surface area contributed by atoms with Gasteiger partial charge in [0, 0.05) is 26.7 Å². The molecule has 6 nitrogen and oxygen atoms in total. The first-order valence-electron chi connectivity index (χ1n) is 9.10. The van der Waals surface area contributed by atoms with Crippen LogP contribution in [0, 0.1) is 0 Å². The van der Waals surface area contributed by atoms with Crippen LogP contribution in [0.15, 0.2) is 4.99 Å². The van der Waals surface area contributed by atoms with Crippen molar-refractivity contribution in [1.82, 2.24) is 15.5 Å². The zero-order chi connectivity index (χ0) is 17.2.